The number of aromatic amines is 1. The number of hydrogen-bond donors (Lipinski definition) is 1. The molecule has 24 heavy (non-hydrogen) atoms. The number of imidazole rings is 1. The average molecular weight is 353 g/mol. The van der Waals surface area contributed by atoms with Gasteiger partial charge in [0, 0.05) is 30.2 Å². The van der Waals surface area contributed by atoms with Crippen LogP contribution in [0.3, 0.4) is 0 Å². The van der Waals surface area contributed by atoms with Crippen molar-refractivity contribution in [1.82, 2.24) is 24.8 Å². The molecule has 0 saturated carbocycles. The molecule has 0 fully saturated rings. The summed E-state index contributed by atoms with van der Waals surface area (Å²) >= 11 is 3.47. The predicted octanol–water partition coefficient (Wildman–Crippen LogP) is 3.62. The number of fused-ring (bicyclic) bond motifs is 2. The third kappa shape index (κ3) is 2.36. The number of hydrogen-bond acceptors (Lipinski definition) is 6. The molecule has 5 nitrogen and oxygen atoms in total. The molecule has 5 rings (SSSR count). The zero-order chi connectivity index (χ0) is 15.9. The first-order chi connectivity index (χ1) is 11.9. The Morgan fingerprint density at radius 2 is 2.21 bits per heavy atom. The van der Waals surface area contributed by atoms with E-state index in [0.29, 0.717) is 0 Å². The minimum atomic E-state index is 0.0984. The molecule has 1 aliphatic rings. The first-order valence-corrected chi connectivity index (χ1v) is 9.58. The fraction of sp³-hybridized carbons (Fsp3) is 0.235. The maximum absolute atomic E-state index is 4.90. The molecule has 4 aromatic rings. The number of rotatable bonds is 3. The van der Waals surface area contributed by atoms with E-state index in [4.69, 9.17) is 4.98 Å². The van der Waals surface area contributed by atoms with Crippen LogP contribution in [0.25, 0.3) is 10.2 Å². The van der Waals surface area contributed by atoms with E-state index in [1.54, 1.807) is 29.0 Å². The molecule has 0 amide bonds. The summed E-state index contributed by atoms with van der Waals surface area (Å²) in [7, 11) is 0. The van der Waals surface area contributed by atoms with Gasteiger partial charge < -0.3 is 4.98 Å². The van der Waals surface area contributed by atoms with Crippen LogP contribution in [0.1, 0.15) is 27.4 Å². The van der Waals surface area contributed by atoms with E-state index in [2.05, 4.69) is 38.1 Å². The number of nitrogens with zero attached hydrogens (tertiary/aromatic N) is 4. The molecule has 7 heteroatoms. The third-order valence-corrected chi connectivity index (χ3v) is 6.24. The van der Waals surface area contributed by atoms with Crippen molar-refractivity contribution in [2.45, 2.75) is 19.0 Å². The fourth-order valence-corrected chi connectivity index (χ4v) is 5.03. The van der Waals surface area contributed by atoms with Crippen molar-refractivity contribution in [2.24, 2.45) is 0 Å². The summed E-state index contributed by atoms with van der Waals surface area (Å²) in [5.74, 6) is 0. The lowest BCUT2D eigenvalue weighted by molar-refractivity contribution is 0.200. The van der Waals surface area contributed by atoms with Crippen molar-refractivity contribution < 1.29 is 0 Å². The molecule has 0 radical (unpaired) electrons. The molecule has 0 spiro atoms. The van der Waals surface area contributed by atoms with Crippen molar-refractivity contribution in [3.8, 4) is 0 Å². The molecule has 1 aromatic carbocycles. The zero-order valence-corrected chi connectivity index (χ0v) is 14.5. The van der Waals surface area contributed by atoms with Crippen LogP contribution in [-0.4, -0.2) is 31.4 Å². The van der Waals surface area contributed by atoms with Crippen molar-refractivity contribution in [3.63, 3.8) is 0 Å². The van der Waals surface area contributed by atoms with Gasteiger partial charge in [-0.05, 0) is 12.1 Å². The van der Waals surface area contributed by atoms with Crippen LogP contribution in [0, 0.1) is 0 Å². The number of H-pyrrole nitrogens is 1. The van der Waals surface area contributed by atoms with Crippen LogP contribution in [0.2, 0.25) is 0 Å². The van der Waals surface area contributed by atoms with Crippen LogP contribution in [0.4, 0.5) is 0 Å². The smallest absolute Gasteiger partial charge is 0.117 e. The van der Waals surface area contributed by atoms with Gasteiger partial charge in [0.05, 0.1) is 28.8 Å². The second-order valence-electron chi connectivity index (χ2n) is 5.84. The highest BCUT2D eigenvalue weighted by Crippen LogP contribution is 2.38. The lowest BCUT2D eigenvalue weighted by Gasteiger charge is -2.32. The number of aromatic nitrogens is 4. The van der Waals surface area contributed by atoms with Gasteiger partial charge in [0.1, 0.15) is 16.1 Å². The summed E-state index contributed by atoms with van der Waals surface area (Å²) in [4.78, 5) is 19.7. The van der Waals surface area contributed by atoms with E-state index in [0.717, 1.165) is 40.7 Å². The van der Waals surface area contributed by atoms with Gasteiger partial charge in [-0.25, -0.2) is 15.0 Å². The summed E-state index contributed by atoms with van der Waals surface area (Å²) < 4.78 is 1.23. The summed E-state index contributed by atoms with van der Waals surface area (Å²) in [6.07, 6.45) is 4.66. The van der Waals surface area contributed by atoms with Gasteiger partial charge in [0.2, 0.25) is 0 Å². The van der Waals surface area contributed by atoms with Crippen LogP contribution < -0.4 is 0 Å². The minimum absolute atomic E-state index is 0.0984. The summed E-state index contributed by atoms with van der Waals surface area (Å²) in [5, 5.41) is 4.28. The Kier molecular flexibility index (Phi) is 3.43. The zero-order valence-electron chi connectivity index (χ0n) is 12.8. The molecular weight excluding hydrogens is 338 g/mol. The minimum Gasteiger partial charge on any atom is -0.348 e. The highest BCUT2D eigenvalue weighted by Gasteiger charge is 2.33. The standard InChI is InChI=1S/C17H15N5S2/c1-2-4-13-11(3-1)21-17(24-13)16-15-12(19-10-20-15)5-7-22(16)9-14-18-6-8-23-14/h1-4,6,8,10,16H,5,7,9H2,(H,19,20)/t16-/m0/s1. The van der Waals surface area contributed by atoms with Crippen molar-refractivity contribution in [1.29, 1.82) is 0 Å². The highest BCUT2D eigenvalue weighted by molar-refractivity contribution is 7.18. The largest absolute Gasteiger partial charge is 0.348 e. The third-order valence-electron chi connectivity index (χ3n) is 4.39. The molecule has 4 heterocycles. The monoisotopic (exact) mass is 353 g/mol. The average Bonchev–Trinajstić information content (AvgIpc) is 3.34. The van der Waals surface area contributed by atoms with Gasteiger partial charge in [-0.2, -0.15) is 0 Å². The van der Waals surface area contributed by atoms with Crippen molar-refractivity contribution >= 4 is 32.9 Å². The molecular formula is C17H15N5S2. The van der Waals surface area contributed by atoms with Crippen LogP contribution in [0.5, 0.6) is 0 Å². The van der Waals surface area contributed by atoms with E-state index in [1.165, 1.54) is 10.4 Å². The topological polar surface area (TPSA) is 57.7 Å². The molecule has 120 valence electrons. The molecule has 0 aliphatic carbocycles. The molecule has 1 N–H and O–H groups in total. The van der Waals surface area contributed by atoms with E-state index >= 15 is 0 Å². The van der Waals surface area contributed by atoms with E-state index in [-0.39, 0.29) is 6.04 Å². The van der Waals surface area contributed by atoms with Crippen molar-refractivity contribution in [3.05, 3.63) is 63.6 Å². The van der Waals surface area contributed by atoms with Crippen molar-refractivity contribution in [2.75, 3.05) is 6.54 Å². The first-order valence-electron chi connectivity index (χ1n) is 7.88. The van der Waals surface area contributed by atoms with Gasteiger partial charge in [-0.1, -0.05) is 12.1 Å². The Labute approximate surface area is 147 Å². The lowest BCUT2D eigenvalue weighted by Crippen LogP contribution is -2.35. The Bertz CT molecular complexity index is 939. The Morgan fingerprint density at radius 1 is 1.25 bits per heavy atom. The molecule has 3 aromatic heterocycles. The molecule has 1 aliphatic heterocycles. The SMILES string of the molecule is c1ccc2sc([C@@H]3c4nc[nH]c4CCN3Cc3nccs3)nc2c1. The summed E-state index contributed by atoms with van der Waals surface area (Å²) in [6.45, 7) is 1.82. The van der Waals surface area contributed by atoms with Crippen LogP contribution in [0.15, 0.2) is 42.2 Å². The number of benzene rings is 1. The molecule has 0 unspecified atom stereocenters. The highest BCUT2D eigenvalue weighted by atomic mass is 32.1. The Balaban J connectivity index is 1.60. The van der Waals surface area contributed by atoms with Crippen LogP contribution >= 0.6 is 22.7 Å². The van der Waals surface area contributed by atoms with E-state index < -0.39 is 0 Å². The van der Waals surface area contributed by atoms with Crippen LogP contribution in [-0.2, 0) is 13.0 Å². The second-order valence-corrected chi connectivity index (χ2v) is 7.88. The van der Waals surface area contributed by atoms with E-state index in [1.807, 2.05) is 17.6 Å². The van der Waals surface area contributed by atoms with Gasteiger partial charge in [-0.3, -0.25) is 4.90 Å². The number of nitrogens with one attached hydrogen (secondary N) is 1. The fourth-order valence-electron chi connectivity index (χ4n) is 3.28. The maximum Gasteiger partial charge on any atom is 0.117 e. The Morgan fingerprint density at radius 3 is 3.08 bits per heavy atom. The molecule has 0 saturated heterocycles. The predicted molar refractivity (Wildman–Crippen MR) is 96.3 cm³/mol. The maximum atomic E-state index is 4.90. The molecule has 0 bridgehead atoms. The van der Waals surface area contributed by atoms with Gasteiger partial charge in [0.25, 0.3) is 0 Å². The van der Waals surface area contributed by atoms with Gasteiger partial charge in [-0.15, -0.1) is 22.7 Å². The molecule has 1 atom stereocenters. The normalized spacial score (nSPS) is 18.1. The van der Waals surface area contributed by atoms with E-state index in [9.17, 15) is 0 Å². The van der Waals surface area contributed by atoms with Gasteiger partial charge >= 0.3 is 0 Å². The first kappa shape index (κ1) is 14.3. The number of thiazole rings is 2. The summed E-state index contributed by atoms with van der Waals surface area (Å²) in [6, 6.07) is 8.42. The Hall–Kier alpha value is -2.09. The quantitative estimate of drug-likeness (QED) is 0.611. The van der Waals surface area contributed by atoms with Gasteiger partial charge in [0.15, 0.2) is 0 Å². The lowest BCUT2D eigenvalue weighted by atomic mass is 10.0. The summed E-state index contributed by atoms with van der Waals surface area (Å²) in [5.41, 5.74) is 3.40. The second kappa shape index (κ2) is 5.77. The number of para-hydroxylation sites is 1.